The van der Waals surface area contributed by atoms with Crippen LogP contribution in [0.4, 0.5) is 16.3 Å². The number of amides is 2. The number of carbonyl (C=O) groups excluding carboxylic acids is 1. The number of nitrogens with one attached hydrogen (secondary N) is 2. The normalized spacial score (nSPS) is 10.3. The van der Waals surface area contributed by atoms with Crippen molar-refractivity contribution >= 4 is 28.4 Å². The molecule has 0 spiro atoms. The van der Waals surface area contributed by atoms with Gasteiger partial charge in [-0.25, -0.2) is 9.78 Å². The zero-order valence-electron chi connectivity index (χ0n) is 12.6. The van der Waals surface area contributed by atoms with Crippen LogP contribution in [0.25, 0.3) is 10.9 Å². The first-order valence-electron chi connectivity index (χ1n) is 7.27. The number of rotatable bonds is 4. The predicted molar refractivity (Wildman–Crippen MR) is 89.8 cm³/mol. The molecule has 23 heavy (non-hydrogen) atoms. The molecule has 1 aromatic carbocycles. The molecule has 0 saturated heterocycles. The number of pyridine rings is 2. The van der Waals surface area contributed by atoms with Gasteiger partial charge in [0.05, 0.1) is 17.8 Å². The van der Waals surface area contributed by atoms with Gasteiger partial charge in [-0.05, 0) is 37.3 Å². The van der Waals surface area contributed by atoms with Crippen LogP contribution in [0.2, 0.25) is 0 Å². The molecular formula is C17H16N4O2. The summed E-state index contributed by atoms with van der Waals surface area (Å²) in [6.45, 7) is 2.42. The molecule has 2 heterocycles. The Morgan fingerprint density at radius 1 is 1.13 bits per heavy atom. The molecule has 116 valence electrons. The second-order valence-electron chi connectivity index (χ2n) is 4.77. The lowest BCUT2D eigenvalue weighted by atomic mass is 10.3. The number of fused-ring (bicyclic) bond motifs is 1. The summed E-state index contributed by atoms with van der Waals surface area (Å²) < 4.78 is 5.48. The first-order chi connectivity index (χ1) is 11.3. The summed E-state index contributed by atoms with van der Waals surface area (Å²) in [4.78, 5) is 20.5. The Morgan fingerprint density at radius 2 is 2.00 bits per heavy atom. The summed E-state index contributed by atoms with van der Waals surface area (Å²) in [7, 11) is 0. The Morgan fingerprint density at radius 3 is 2.87 bits per heavy atom. The van der Waals surface area contributed by atoms with Gasteiger partial charge in [-0.2, -0.15) is 0 Å². The van der Waals surface area contributed by atoms with E-state index in [1.54, 1.807) is 36.7 Å². The van der Waals surface area contributed by atoms with Crippen molar-refractivity contribution in [3.05, 3.63) is 54.9 Å². The maximum atomic E-state index is 12.1. The van der Waals surface area contributed by atoms with Gasteiger partial charge in [0.2, 0.25) is 0 Å². The third kappa shape index (κ3) is 3.55. The average molecular weight is 308 g/mol. The number of urea groups is 1. The second-order valence-corrected chi connectivity index (χ2v) is 4.77. The average Bonchev–Trinajstić information content (AvgIpc) is 2.57. The highest BCUT2D eigenvalue weighted by molar-refractivity contribution is 6.00. The minimum atomic E-state index is -0.377. The standard InChI is InChI=1S/C17H16N4O2/c1-2-23-15-6-4-3-5-14(15)20-17(22)21-16-8-7-12-11-18-10-9-13(12)19-16/h3-11H,2H2,1H3,(H2,19,20,21,22). The van der Waals surface area contributed by atoms with Crippen molar-refractivity contribution in [1.82, 2.24) is 9.97 Å². The van der Waals surface area contributed by atoms with Crippen LogP contribution in [0.3, 0.4) is 0 Å². The lowest BCUT2D eigenvalue weighted by Gasteiger charge is -2.12. The van der Waals surface area contributed by atoms with Crippen LogP contribution in [0.5, 0.6) is 5.75 Å². The largest absolute Gasteiger partial charge is 0.492 e. The Balaban J connectivity index is 1.73. The van der Waals surface area contributed by atoms with Gasteiger partial charge in [-0.15, -0.1) is 0 Å². The second kappa shape index (κ2) is 6.74. The molecule has 2 N–H and O–H groups in total. The molecule has 0 aliphatic carbocycles. The summed E-state index contributed by atoms with van der Waals surface area (Å²) in [6, 6.07) is 12.3. The van der Waals surface area contributed by atoms with Crippen molar-refractivity contribution in [2.45, 2.75) is 6.92 Å². The molecule has 6 heteroatoms. The number of carbonyl (C=O) groups is 1. The molecule has 0 radical (unpaired) electrons. The lowest BCUT2D eigenvalue weighted by molar-refractivity contribution is 0.262. The van der Waals surface area contributed by atoms with Crippen LogP contribution in [-0.2, 0) is 0 Å². The molecule has 0 saturated carbocycles. The van der Waals surface area contributed by atoms with Crippen LogP contribution in [0, 0.1) is 0 Å². The van der Waals surface area contributed by atoms with Crippen LogP contribution in [0.1, 0.15) is 6.92 Å². The Labute approximate surface area is 133 Å². The molecule has 0 unspecified atom stereocenters. The zero-order chi connectivity index (χ0) is 16.1. The first-order valence-corrected chi connectivity index (χ1v) is 7.27. The number of ether oxygens (including phenoxy) is 1. The fourth-order valence-electron chi connectivity index (χ4n) is 2.16. The third-order valence-electron chi connectivity index (χ3n) is 3.17. The van der Waals surface area contributed by atoms with E-state index in [2.05, 4.69) is 20.6 Å². The maximum absolute atomic E-state index is 12.1. The van der Waals surface area contributed by atoms with Gasteiger partial charge in [0.1, 0.15) is 11.6 Å². The van der Waals surface area contributed by atoms with Gasteiger partial charge < -0.3 is 10.1 Å². The highest BCUT2D eigenvalue weighted by atomic mass is 16.5. The minimum Gasteiger partial charge on any atom is -0.492 e. The summed E-state index contributed by atoms with van der Waals surface area (Å²) in [6.07, 6.45) is 3.39. The number of para-hydroxylation sites is 2. The molecule has 0 bridgehead atoms. The van der Waals surface area contributed by atoms with E-state index in [1.807, 2.05) is 25.1 Å². The van der Waals surface area contributed by atoms with Crippen LogP contribution in [0.15, 0.2) is 54.9 Å². The number of nitrogens with zero attached hydrogens (tertiary/aromatic N) is 2. The first kappa shape index (κ1) is 14.8. The zero-order valence-corrected chi connectivity index (χ0v) is 12.6. The molecule has 0 fully saturated rings. The minimum absolute atomic E-state index is 0.377. The van der Waals surface area contributed by atoms with E-state index >= 15 is 0 Å². The maximum Gasteiger partial charge on any atom is 0.324 e. The van der Waals surface area contributed by atoms with E-state index in [0.717, 1.165) is 10.9 Å². The molecule has 0 atom stereocenters. The summed E-state index contributed by atoms with van der Waals surface area (Å²) in [5, 5.41) is 6.40. The number of anilines is 2. The van der Waals surface area contributed by atoms with E-state index < -0.39 is 0 Å². The van der Waals surface area contributed by atoms with E-state index in [4.69, 9.17) is 4.74 Å². The van der Waals surface area contributed by atoms with Crippen LogP contribution >= 0.6 is 0 Å². The van der Waals surface area contributed by atoms with E-state index in [-0.39, 0.29) is 6.03 Å². The van der Waals surface area contributed by atoms with Crippen LogP contribution in [-0.4, -0.2) is 22.6 Å². The highest BCUT2D eigenvalue weighted by Crippen LogP contribution is 2.23. The van der Waals surface area contributed by atoms with Gasteiger partial charge in [-0.3, -0.25) is 10.3 Å². The van der Waals surface area contributed by atoms with Gasteiger partial charge in [0, 0.05) is 17.8 Å². The molecule has 0 aliphatic heterocycles. The van der Waals surface area contributed by atoms with Gasteiger partial charge in [0.15, 0.2) is 0 Å². The quantitative estimate of drug-likeness (QED) is 0.771. The molecular weight excluding hydrogens is 292 g/mol. The monoisotopic (exact) mass is 308 g/mol. The fraction of sp³-hybridized carbons (Fsp3) is 0.118. The van der Waals surface area contributed by atoms with Gasteiger partial charge in [-0.1, -0.05) is 12.1 Å². The summed E-state index contributed by atoms with van der Waals surface area (Å²) in [5.74, 6) is 1.10. The number of hydrogen-bond donors (Lipinski definition) is 2. The number of benzene rings is 1. The van der Waals surface area contributed by atoms with Crippen LogP contribution < -0.4 is 15.4 Å². The van der Waals surface area contributed by atoms with Crippen molar-refractivity contribution in [1.29, 1.82) is 0 Å². The smallest absolute Gasteiger partial charge is 0.324 e. The molecule has 2 aromatic heterocycles. The summed E-state index contributed by atoms with van der Waals surface area (Å²) >= 11 is 0. The molecule has 3 aromatic rings. The summed E-state index contributed by atoms with van der Waals surface area (Å²) in [5.41, 5.74) is 1.38. The molecule has 6 nitrogen and oxygen atoms in total. The van der Waals surface area contributed by atoms with Crippen molar-refractivity contribution in [2.24, 2.45) is 0 Å². The topological polar surface area (TPSA) is 76.1 Å². The van der Waals surface area contributed by atoms with Gasteiger partial charge >= 0.3 is 6.03 Å². The molecule has 3 rings (SSSR count). The number of aromatic nitrogens is 2. The number of hydrogen-bond acceptors (Lipinski definition) is 4. The molecule has 0 aliphatic rings. The SMILES string of the molecule is CCOc1ccccc1NC(=O)Nc1ccc2cnccc2n1. The van der Waals surface area contributed by atoms with Crippen molar-refractivity contribution < 1.29 is 9.53 Å². The predicted octanol–water partition coefficient (Wildman–Crippen LogP) is 3.67. The Hall–Kier alpha value is -3.15. The third-order valence-corrected chi connectivity index (χ3v) is 3.17. The Bertz CT molecular complexity index is 835. The highest BCUT2D eigenvalue weighted by Gasteiger charge is 2.08. The fourth-order valence-corrected chi connectivity index (χ4v) is 2.16. The van der Waals surface area contributed by atoms with Crippen molar-refractivity contribution in [2.75, 3.05) is 17.2 Å². The molecule has 2 amide bonds. The van der Waals surface area contributed by atoms with Crippen molar-refractivity contribution in [3.8, 4) is 5.75 Å². The Kier molecular flexibility index (Phi) is 4.33. The van der Waals surface area contributed by atoms with E-state index in [1.165, 1.54) is 0 Å². The lowest BCUT2D eigenvalue weighted by Crippen LogP contribution is -2.20. The van der Waals surface area contributed by atoms with E-state index in [0.29, 0.717) is 23.9 Å². The van der Waals surface area contributed by atoms with Gasteiger partial charge in [0.25, 0.3) is 0 Å². The van der Waals surface area contributed by atoms with Crippen molar-refractivity contribution in [3.63, 3.8) is 0 Å². The van der Waals surface area contributed by atoms with E-state index in [9.17, 15) is 4.79 Å².